The van der Waals surface area contributed by atoms with Crippen molar-refractivity contribution in [3.05, 3.63) is 41.0 Å². The van der Waals surface area contributed by atoms with Gasteiger partial charge in [0.1, 0.15) is 5.75 Å². The van der Waals surface area contributed by atoms with Gasteiger partial charge in [-0.2, -0.15) is 0 Å². The van der Waals surface area contributed by atoms with E-state index in [2.05, 4.69) is 11.9 Å². The first kappa shape index (κ1) is 13.0. The van der Waals surface area contributed by atoms with Crippen LogP contribution in [0.2, 0.25) is 0 Å². The lowest BCUT2D eigenvalue weighted by molar-refractivity contribution is -0.384. The van der Waals surface area contributed by atoms with Gasteiger partial charge in [-0.05, 0) is 12.8 Å². The number of hydrogen-bond acceptors (Lipinski definition) is 4. The summed E-state index contributed by atoms with van der Waals surface area (Å²) >= 11 is 0. The van der Waals surface area contributed by atoms with E-state index in [9.17, 15) is 10.1 Å². The predicted octanol–water partition coefficient (Wildman–Crippen LogP) is 2.98. The zero-order valence-electron chi connectivity index (χ0n) is 9.81. The summed E-state index contributed by atoms with van der Waals surface area (Å²) in [4.78, 5) is 10.3. The summed E-state index contributed by atoms with van der Waals surface area (Å²) in [5.41, 5.74) is 0.718. The van der Waals surface area contributed by atoms with Gasteiger partial charge in [-0.25, -0.2) is 0 Å². The van der Waals surface area contributed by atoms with Crippen molar-refractivity contribution in [1.29, 1.82) is 0 Å². The van der Waals surface area contributed by atoms with Crippen LogP contribution in [0, 0.1) is 10.1 Å². The third kappa shape index (κ3) is 4.14. The molecule has 5 heteroatoms. The standard InChI is InChI=1S/C12H16N2O3/c1-3-4-5-6-13-10-7-11(14(15)16)9-12(8-10)17-2/h3,7-9,13H,1,4-6H2,2H3. The van der Waals surface area contributed by atoms with E-state index in [1.807, 2.05) is 6.08 Å². The van der Waals surface area contributed by atoms with E-state index in [1.54, 1.807) is 6.07 Å². The Labute approximate surface area is 100 Å². The molecule has 1 N–H and O–H groups in total. The Morgan fingerprint density at radius 3 is 2.88 bits per heavy atom. The Morgan fingerprint density at radius 2 is 2.29 bits per heavy atom. The maximum Gasteiger partial charge on any atom is 0.275 e. The van der Waals surface area contributed by atoms with Crippen molar-refractivity contribution in [2.45, 2.75) is 12.8 Å². The lowest BCUT2D eigenvalue weighted by Gasteiger charge is -2.07. The molecule has 0 atom stereocenters. The molecule has 0 saturated carbocycles. The lowest BCUT2D eigenvalue weighted by Crippen LogP contribution is -2.02. The van der Waals surface area contributed by atoms with Gasteiger partial charge in [-0.3, -0.25) is 10.1 Å². The number of allylic oxidation sites excluding steroid dienone is 1. The molecular weight excluding hydrogens is 220 g/mol. The smallest absolute Gasteiger partial charge is 0.275 e. The van der Waals surface area contributed by atoms with E-state index in [1.165, 1.54) is 19.2 Å². The first-order valence-electron chi connectivity index (χ1n) is 5.35. The largest absolute Gasteiger partial charge is 0.496 e. The summed E-state index contributed by atoms with van der Waals surface area (Å²) in [6.07, 6.45) is 3.70. The molecule has 0 unspecified atom stereocenters. The maximum absolute atomic E-state index is 10.7. The number of nitrogens with zero attached hydrogens (tertiary/aromatic N) is 1. The number of nitrogens with one attached hydrogen (secondary N) is 1. The number of hydrogen-bond donors (Lipinski definition) is 1. The van der Waals surface area contributed by atoms with E-state index in [0.29, 0.717) is 11.4 Å². The molecule has 0 fully saturated rings. The number of anilines is 1. The fourth-order valence-electron chi connectivity index (χ4n) is 1.39. The van der Waals surface area contributed by atoms with E-state index in [4.69, 9.17) is 4.74 Å². The highest BCUT2D eigenvalue weighted by Gasteiger charge is 2.09. The van der Waals surface area contributed by atoms with Gasteiger partial charge in [0.25, 0.3) is 5.69 Å². The number of nitro benzene ring substituents is 1. The highest BCUT2D eigenvalue weighted by molar-refractivity contribution is 5.56. The van der Waals surface area contributed by atoms with Gasteiger partial charge in [0.05, 0.1) is 18.1 Å². The molecular formula is C12H16N2O3. The van der Waals surface area contributed by atoms with Crippen LogP contribution in [-0.2, 0) is 0 Å². The second-order valence-electron chi connectivity index (χ2n) is 3.53. The van der Waals surface area contributed by atoms with E-state index in [0.717, 1.165) is 19.4 Å². The normalized spacial score (nSPS) is 9.71. The summed E-state index contributed by atoms with van der Waals surface area (Å²) < 4.78 is 5.01. The highest BCUT2D eigenvalue weighted by Crippen LogP contribution is 2.25. The molecule has 0 saturated heterocycles. The molecule has 0 spiro atoms. The van der Waals surface area contributed by atoms with Crippen LogP contribution < -0.4 is 10.1 Å². The molecule has 0 aliphatic heterocycles. The molecule has 92 valence electrons. The van der Waals surface area contributed by atoms with Crippen LogP contribution >= 0.6 is 0 Å². The average molecular weight is 236 g/mol. The molecule has 1 aromatic carbocycles. The Balaban J connectivity index is 2.73. The number of methoxy groups -OCH3 is 1. The molecule has 0 aromatic heterocycles. The Morgan fingerprint density at radius 1 is 1.53 bits per heavy atom. The summed E-state index contributed by atoms with van der Waals surface area (Å²) in [7, 11) is 1.49. The topological polar surface area (TPSA) is 64.4 Å². The predicted molar refractivity (Wildman–Crippen MR) is 67.6 cm³/mol. The van der Waals surface area contributed by atoms with Crippen LogP contribution in [0.25, 0.3) is 0 Å². The van der Waals surface area contributed by atoms with Crippen LogP contribution in [0.4, 0.5) is 11.4 Å². The Bertz CT molecular complexity index is 405. The molecule has 5 nitrogen and oxygen atoms in total. The zero-order valence-corrected chi connectivity index (χ0v) is 9.81. The van der Waals surface area contributed by atoms with Gasteiger partial charge in [0.15, 0.2) is 0 Å². The number of unbranched alkanes of at least 4 members (excludes halogenated alkanes) is 1. The van der Waals surface area contributed by atoms with Gasteiger partial charge < -0.3 is 10.1 Å². The van der Waals surface area contributed by atoms with E-state index < -0.39 is 4.92 Å². The van der Waals surface area contributed by atoms with Crippen LogP contribution in [0.3, 0.4) is 0 Å². The van der Waals surface area contributed by atoms with Crippen molar-refractivity contribution in [2.24, 2.45) is 0 Å². The Kier molecular flexibility index (Phi) is 5.00. The molecule has 0 aliphatic carbocycles. The summed E-state index contributed by atoms with van der Waals surface area (Å²) in [6.45, 7) is 4.38. The number of rotatable bonds is 7. The van der Waals surface area contributed by atoms with Gasteiger partial charge in [-0.15, -0.1) is 6.58 Å². The summed E-state index contributed by atoms with van der Waals surface area (Å²) in [6, 6.07) is 4.63. The second-order valence-corrected chi connectivity index (χ2v) is 3.53. The SMILES string of the molecule is C=CCCCNc1cc(OC)cc([N+](=O)[O-])c1. The summed E-state index contributed by atoms with van der Waals surface area (Å²) in [5.74, 6) is 0.477. The minimum absolute atomic E-state index is 0.0237. The molecule has 1 rings (SSSR count). The first-order valence-corrected chi connectivity index (χ1v) is 5.35. The third-order valence-electron chi connectivity index (χ3n) is 2.25. The van der Waals surface area contributed by atoms with Crippen molar-refractivity contribution >= 4 is 11.4 Å². The quantitative estimate of drug-likeness (QED) is 0.342. The monoisotopic (exact) mass is 236 g/mol. The second kappa shape index (κ2) is 6.52. The van der Waals surface area contributed by atoms with Gasteiger partial charge in [0.2, 0.25) is 0 Å². The van der Waals surface area contributed by atoms with Crippen LogP contribution in [0.15, 0.2) is 30.9 Å². The van der Waals surface area contributed by atoms with Crippen molar-refractivity contribution < 1.29 is 9.66 Å². The van der Waals surface area contributed by atoms with Crippen LogP contribution in [0.1, 0.15) is 12.8 Å². The third-order valence-corrected chi connectivity index (χ3v) is 2.25. The van der Waals surface area contributed by atoms with Gasteiger partial charge >= 0.3 is 0 Å². The molecule has 0 aliphatic rings. The van der Waals surface area contributed by atoms with Crippen LogP contribution in [-0.4, -0.2) is 18.6 Å². The highest BCUT2D eigenvalue weighted by atomic mass is 16.6. The molecule has 0 amide bonds. The molecule has 0 bridgehead atoms. The van der Waals surface area contributed by atoms with Gasteiger partial charge in [-0.1, -0.05) is 6.08 Å². The number of ether oxygens (including phenoxy) is 1. The lowest BCUT2D eigenvalue weighted by atomic mass is 10.2. The molecule has 0 radical (unpaired) electrons. The number of benzene rings is 1. The van der Waals surface area contributed by atoms with Crippen molar-refractivity contribution in [2.75, 3.05) is 19.0 Å². The fraction of sp³-hybridized carbons (Fsp3) is 0.333. The molecule has 0 heterocycles. The zero-order chi connectivity index (χ0) is 12.7. The molecule has 17 heavy (non-hydrogen) atoms. The minimum Gasteiger partial charge on any atom is -0.496 e. The van der Waals surface area contributed by atoms with E-state index >= 15 is 0 Å². The minimum atomic E-state index is -0.433. The van der Waals surface area contributed by atoms with Gasteiger partial charge in [0, 0.05) is 24.4 Å². The average Bonchev–Trinajstić information content (AvgIpc) is 2.34. The van der Waals surface area contributed by atoms with Crippen molar-refractivity contribution in [3.8, 4) is 5.75 Å². The Hall–Kier alpha value is -2.04. The first-order chi connectivity index (χ1) is 8.17. The van der Waals surface area contributed by atoms with Crippen molar-refractivity contribution in [1.82, 2.24) is 0 Å². The fourth-order valence-corrected chi connectivity index (χ4v) is 1.39. The number of non-ortho nitro benzene ring substituents is 1. The summed E-state index contributed by atoms with van der Waals surface area (Å²) in [5, 5.41) is 13.8. The maximum atomic E-state index is 10.7. The van der Waals surface area contributed by atoms with Crippen molar-refractivity contribution in [3.63, 3.8) is 0 Å². The van der Waals surface area contributed by atoms with E-state index in [-0.39, 0.29) is 5.69 Å². The number of nitro groups is 1. The van der Waals surface area contributed by atoms with Crippen LogP contribution in [0.5, 0.6) is 5.75 Å². The molecule has 1 aromatic rings.